The molecule has 2 N–H and O–H groups in total. The van der Waals surface area contributed by atoms with Crippen LogP contribution < -0.4 is 10.6 Å². The first-order chi connectivity index (χ1) is 10.9. The van der Waals surface area contributed by atoms with Gasteiger partial charge in [-0.1, -0.05) is 0 Å². The summed E-state index contributed by atoms with van der Waals surface area (Å²) in [4.78, 5) is 9.06. The lowest BCUT2D eigenvalue weighted by atomic mass is 10.2. The third-order valence-electron chi connectivity index (χ3n) is 3.89. The normalized spacial score (nSPS) is 12.7. The van der Waals surface area contributed by atoms with Gasteiger partial charge < -0.3 is 20.3 Å². The van der Waals surface area contributed by atoms with Gasteiger partial charge >= 0.3 is 0 Å². The molecule has 0 saturated heterocycles. The largest absolute Gasteiger partial charge is 0.385 e. The fourth-order valence-electron chi connectivity index (χ4n) is 2.59. The van der Waals surface area contributed by atoms with E-state index in [0.29, 0.717) is 12.1 Å². The van der Waals surface area contributed by atoms with Crippen LogP contribution in [0.5, 0.6) is 0 Å². The highest BCUT2D eigenvalue weighted by atomic mass is 16.5. The van der Waals surface area contributed by atoms with E-state index in [9.17, 15) is 0 Å². The SMILES string of the molecule is CN=C(NCCN(C)CCCOC)NCCN(C(C)C)C(C)C. The van der Waals surface area contributed by atoms with Crippen molar-refractivity contribution in [1.82, 2.24) is 20.4 Å². The van der Waals surface area contributed by atoms with Crippen molar-refractivity contribution in [1.29, 1.82) is 0 Å². The monoisotopic (exact) mass is 329 g/mol. The molecule has 0 spiro atoms. The van der Waals surface area contributed by atoms with Gasteiger partial charge in [-0.3, -0.25) is 9.89 Å². The molecule has 6 nitrogen and oxygen atoms in total. The molecule has 0 aromatic rings. The lowest BCUT2D eigenvalue weighted by molar-refractivity contribution is 0.178. The number of likely N-dealkylation sites (N-methyl/N-ethyl adjacent to an activating group) is 1. The van der Waals surface area contributed by atoms with Crippen LogP contribution in [0, 0.1) is 0 Å². The van der Waals surface area contributed by atoms with Crippen molar-refractivity contribution < 1.29 is 4.74 Å². The van der Waals surface area contributed by atoms with Gasteiger partial charge in [-0.15, -0.1) is 0 Å². The zero-order valence-electron chi connectivity index (χ0n) is 16.4. The Labute approximate surface area is 143 Å². The summed E-state index contributed by atoms with van der Waals surface area (Å²) >= 11 is 0. The van der Waals surface area contributed by atoms with Gasteiger partial charge in [-0.2, -0.15) is 0 Å². The molecule has 0 unspecified atom stereocenters. The van der Waals surface area contributed by atoms with Crippen LogP contribution in [0.3, 0.4) is 0 Å². The van der Waals surface area contributed by atoms with Crippen molar-refractivity contribution >= 4 is 5.96 Å². The van der Waals surface area contributed by atoms with Crippen LogP contribution in [-0.4, -0.2) is 88.4 Å². The third-order valence-corrected chi connectivity index (χ3v) is 3.89. The van der Waals surface area contributed by atoms with Gasteiger partial charge in [0.2, 0.25) is 0 Å². The van der Waals surface area contributed by atoms with E-state index in [1.54, 1.807) is 7.11 Å². The molecule has 6 heteroatoms. The molecule has 0 bridgehead atoms. The molecule has 0 aliphatic rings. The third kappa shape index (κ3) is 11.3. The van der Waals surface area contributed by atoms with Gasteiger partial charge in [0, 0.05) is 65.6 Å². The van der Waals surface area contributed by atoms with Gasteiger partial charge in [-0.25, -0.2) is 0 Å². The molecule has 0 atom stereocenters. The van der Waals surface area contributed by atoms with Crippen molar-refractivity contribution in [2.24, 2.45) is 4.99 Å². The van der Waals surface area contributed by atoms with E-state index >= 15 is 0 Å². The molecule has 0 aromatic heterocycles. The number of methoxy groups -OCH3 is 1. The number of hydrogen-bond donors (Lipinski definition) is 2. The molecule has 138 valence electrons. The Morgan fingerprint density at radius 3 is 2.04 bits per heavy atom. The second-order valence-electron chi connectivity index (χ2n) is 6.50. The maximum absolute atomic E-state index is 5.07. The highest BCUT2D eigenvalue weighted by molar-refractivity contribution is 5.79. The maximum atomic E-state index is 5.07. The van der Waals surface area contributed by atoms with E-state index in [4.69, 9.17) is 4.74 Å². The molecule has 0 aliphatic heterocycles. The maximum Gasteiger partial charge on any atom is 0.191 e. The van der Waals surface area contributed by atoms with Crippen LogP contribution in [0.1, 0.15) is 34.1 Å². The zero-order valence-corrected chi connectivity index (χ0v) is 16.4. The highest BCUT2D eigenvalue weighted by Crippen LogP contribution is 2.03. The summed E-state index contributed by atoms with van der Waals surface area (Å²) in [6, 6.07) is 1.13. The lowest BCUT2D eigenvalue weighted by Crippen LogP contribution is -2.46. The number of rotatable bonds is 12. The Kier molecular flexibility index (Phi) is 13.1. The van der Waals surface area contributed by atoms with Crippen LogP contribution in [-0.2, 0) is 4.74 Å². The van der Waals surface area contributed by atoms with E-state index < -0.39 is 0 Å². The Balaban J connectivity index is 3.91. The number of guanidine groups is 1. The molecule has 0 aromatic carbocycles. The van der Waals surface area contributed by atoms with Crippen molar-refractivity contribution in [3.63, 3.8) is 0 Å². The quantitative estimate of drug-likeness (QED) is 0.320. The smallest absolute Gasteiger partial charge is 0.191 e. The summed E-state index contributed by atoms with van der Waals surface area (Å²) in [7, 11) is 5.70. The summed E-state index contributed by atoms with van der Waals surface area (Å²) in [5.41, 5.74) is 0. The van der Waals surface area contributed by atoms with Crippen LogP contribution in [0.2, 0.25) is 0 Å². The summed E-state index contributed by atoms with van der Waals surface area (Å²) in [5.74, 6) is 0.878. The van der Waals surface area contributed by atoms with E-state index in [1.807, 2.05) is 7.05 Å². The van der Waals surface area contributed by atoms with E-state index in [1.165, 1.54) is 0 Å². The van der Waals surface area contributed by atoms with Crippen LogP contribution in [0.25, 0.3) is 0 Å². The number of nitrogens with zero attached hydrogens (tertiary/aromatic N) is 3. The minimum Gasteiger partial charge on any atom is -0.385 e. The average molecular weight is 330 g/mol. The molecule has 0 amide bonds. The van der Waals surface area contributed by atoms with Gasteiger partial charge in [0.25, 0.3) is 0 Å². The molecule has 0 radical (unpaired) electrons. The van der Waals surface area contributed by atoms with E-state index in [2.05, 4.69) is 60.2 Å². The second kappa shape index (κ2) is 13.6. The van der Waals surface area contributed by atoms with Gasteiger partial charge in [0.05, 0.1) is 0 Å². The highest BCUT2D eigenvalue weighted by Gasteiger charge is 2.12. The summed E-state index contributed by atoms with van der Waals surface area (Å²) in [6.07, 6.45) is 1.07. The zero-order chi connectivity index (χ0) is 17.7. The first-order valence-corrected chi connectivity index (χ1v) is 8.80. The molecule has 0 rings (SSSR count). The van der Waals surface area contributed by atoms with Crippen molar-refractivity contribution in [3.05, 3.63) is 0 Å². The number of nitrogens with one attached hydrogen (secondary N) is 2. The fourth-order valence-corrected chi connectivity index (χ4v) is 2.59. The fraction of sp³-hybridized carbons (Fsp3) is 0.941. The van der Waals surface area contributed by atoms with E-state index in [-0.39, 0.29) is 0 Å². The minimum absolute atomic E-state index is 0.563. The summed E-state index contributed by atoms with van der Waals surface area (Å²) in [6.45, 7) is 14.7. The van der Waals surface area contributed by atoms with Crippen LogP contribution >= 0.6 is 0 Å². The van der Waals surface area contributed by atoms with Crippen molar-refractivity contribution in [2.45, 2.75) is 46.2 Å². The molecular formula is C17H39N5O. The average Bonchev–Trinajstić information content (AvgIpc) is 2.49. The van der Waals surface area contributed by atoms with Crippen molar-refractivity contribution in [2.75, 3.05) is 60.5 Å². The topological polar surface area (TPSA) is 52.1 Å². The van der Waals surface area contributed by atoms with Gasteiger partial charge in [-0.05, 0) is 41.2 Å². The molecule has 0 fully saturated rings. The van der Waals surface area contributed by atoms with E-state index in [0.717, 1.165) is 51.7 Å². The standard InChI is InChI=1S/C17H39N5O/c1-15(2)22(16(3)4)13-10-20-17(18-5)19-9-12-21(6)11-8-14-23-7/h15-16H,8-14H2,1-7H3,(H2,18,19,20). The minimum atomic E-state index is 0.563. The first kappa shape index (κ1) is 22.1. The van der Waals surface area contributed by atoms with Crippen LogP contribution in [0.4, 0.5) is 0 Å². The Morgan fingerprint density at radius 2 is 1.57 bits per heavy atom. The predicted octanol–water partition coefficient (Wildman–Crippen LogP) is 1.24. The van der Waals surface area contributed by atoms with Crippen LogP contribution in [0.15, 0.2) is 4.99 Å². The number of aliphatic imine (C=N–C) groups is 1. The molecular weight excluding hydrogens is 290 g/mol. The van der Waals surface area contributed by atoms with Crippen molar-refractivity contribution in [3.8, 4) is 0 Å². The first-order valence-electron chi connectivity index (χ1n) is 8.80. The Hall–Kier alpha value is -0.850. The number of ether oxygens (including phenoxy) is 1. The van der Waals surface area contributed by atoms with Gasteiger partial charge in [0.15, 0.2) is 5.96 Å². The molecule has 23 heavy (non-hydrogen) atoms. The predicted molar refractivity (Wildman–Crippen MR) is 100 cm³/mol. The summed E-state index contributed by atoms with van der Waals surface area (Å²) < 4.78 is 5.07. The summed E-state index contributed by atoms with van der Waals surface area (Å²) in [5, 5.41) is 6.76. The molecule has 0 saturated carbocycles. The molecule has 0 heterocycles. The number of hydrogen-bond acceptors (Lipinski definition) is 4. The van der Waals surface area contributed by atoms with Gasteiger partial charge in [0.1, 0.15) is 0 Å². The Morgan fingerprint density at radius 1 is 1.00 bits per heavy atom. The Bertz CT molecular complexity index is 299. The molecule has 0 aliphatic carbocycles. The lowest BCUT2D eigenvalue weighted by Gasteiger charge is -2.30. The second-order valence-corrected chi connectivity index (χ2v) is 6.50.